The van der Waals surface area contributed by atoms with Crippen LogP contribution >= 0.6 is 15.9 Å². The van der Waals surface area contributed by atoms with Gasteiger partial charge in [0.1, 0.15) is 4.60 Å². The van der Waals surface area contributed by atoms with Crippen molar-refractivity contribution in [3.8, 4) is 0 Å². The second-order valence-electron chi connectivity index (χ2n) is 1.29. The molecule has 2 N–H and O–H groups in total. The molecule has 0 unspecified atom stereocenters. The van der Waals surface area contributed by atoms with Crippen LogP contribution in [0.1, 0.15) is 4.11 Å². The van der Waals surface area contributed by atoms with E-state index in [1.807, 2.05) is 0 Å². The first-order valence-electron chi connectivity index (χ1n) is 3.42. The summed E-state index contributed by atoms with van der Waals surface area (Å²) < 4.78 is 22.3. The Morgan fingerprint density at radius 1 is 2.12 bits per heavy atom. The molecule has 1 rings (SSSR count). The van der Waals surface area contributed by atoms with Gasteiger partial charge >= 0.3 is 0 Å². The number of nitrogen functional groups attached to an aromatic ring is 1. The number of nitrogens with two attached hydrogens (primary N) is 1. The van der Waals surface area contributed by atoms with E-state index in [0.29, 0.717) is 4.60 Å². The lowest BCUT2D eigenvalue weighted by Crippen LogP contribution is -1.94. The van der Waals surface area contributed by atoms with Gasteiger partial charge in [0.05, 0.1) is 0 Å². The molecule has 1 heterocycles. The van der Waals surface area contributed by atoms with Crippen LogP contribution in [0.25, 0.3) is 0 Å². The van der Waals surface area contributed by atoms with Crippen LogP contribution in [0.15, 0.2) is 10.8 Å². The summed E-state index contributed by atoms with van der Waals surface area (Å²) in [6, 6.07) is 0. The zero-order chi connectivity index (χ0) is 8.65. The van der Waals surface area contributed by atoms with Gasteiger partial charge in [-0.3, -0.25) is 0 Å². The molecule has 0 aromatic carbocycles. The first-order chi connectivity index (χ1) is 4.91. The number of aryl methyl sites for hydroxylation is 1. The molecular formula is C4H6BrN3. The van der Waals surface area contributed by atoms with Gasteiger partial charge in [-0.15, -0.1) is 0 Å². The number of rotatable bonds is 0. The molecule has 0 aliphatic heterocycles. The van der Waals surface area contributed by atoms with Crippen LogP contribution in [0.3, 0.4) is 0 Å². The van der Waals surface area contributed by atoms with E-state index in [1.165, 1.54) is 6.20 Å². The van der Waals surface area contributed by atoms with Crippen LogP contribution in [-0.2, 0) is 6.98 Å². The highest BCUT2D eigenvalue weighted by Crippen LogP contribution is 2.07. The third kappa shape index (κ3) is 0.838. The van der Waals surface area contributed by atoms with Crippen molar-refractivity contribution in [3.05, 3.63) is 10.8 Å². The third-order valence-electron chi connectivity index (χ3n) is 0.704. The third-order valence-corrected chi connectivity index (χ3v) is 1.09. The number of anilines is 1. The van der Waals surface area contributed by atoms with Gasteiger partial charge in [-0.1, -0.05) is 0 Å². The molecule has 44 valence electrons. The van der Waals surface area contributed by atoms with Crippen molar-refractivity contribution in [2.75, 3.05) is 5.73 Å². The predicted molar refractivity (Wildman–Crippen MR) is 35.3 cm³/mol. The standard InChI is InChI=1S/C4H6BrN3/c1-8-2-3(5)7-4(8)6/h2H,1H3,(H2,6,7)/i1D3. The van der Waals surface area contributed by atoms with Crippen LogP contribution in [0.2, 0.25) is 0 Å². The normalized spacial score (nSPS) is 16.9. The SMILES string of the molecule is [2H]C([2H])([2H])n1cc(Br)nc1N. The lowest BCUT2D eigenvalue weighted by molar-refractivity contribution is 0.930. The van der Waals surface area contributed by atoms with Crippen molar-refractivity contribution in [1.29, 1.82) is 0 Å². The zero-order valence-corrected chi connectivity index (χ0v) is 5.51. The van der Waals surface area contributed by atoms with Crippen molar-refractivity contribution < 1.29 is 4.11 Å². The minimum absolute atomic E-state index is 0.0168. The fourth-order valence-corrected chi connectivity index (χ4v) is 0.751. The minimum atomic E-state index is -2.25. The predicted octanol–water partition coefficient (Wildman–Crippen LogP) is 0.765. The van der Waals surface area contributed by atoms with Crippen LogP contribution in [0.4, 0.5) is 5.95 Å². The van der Waals surface area contributed by atoms with Crippen LogP contribution in [0.5, 0.6) is 0 Å². The second kappa shape index (κ2) is 1.78. The molecular weight excluding hydrogens is 170 g/mol. The van der Waals surface area contributed by atoms with Crippen molar-refractivity contribution in [3.63, 3.8) is 0 Å². The number of nitrogens with zero attached hydrogens (tertiary/aromatic N) is 2. The molecule has 0 amide bonds. The quantitative estimate of drug-likeness (QED) is 0.638. The number of imidazole rings is 1. The van der Waals surface area contributed by atoms with E-state index in [2.05, 4.69) is 20.9 Å². The maximum atomic E-state index is 6.98. The van der Waals surface area contributed by atoms with E-state index in [1.54, 1.807) is 0 Å². The van der Waals surface area contributed by atoms with E-state index in [0.717, 1.165) is 4.57 Å². The molecule has 4 heteroatoms. The molecule has 0 saturated carbocycles. The molecule has 0 bridgehead atoms. The Morgan fingerprint density at radius 2 is 2.88 bits per heavy atom. The summed E-state index contributed by atoms with van der Waals surface area (Å²) in [7, 11) is 0. The summed E-state index contributed by atoms with van der Waals surface area (Å²) in [6.45, 7) is -2.25. The summed E-state index contributed by atoms with van der Waals surface area (Å²) in [5.74, 6) is -0.0168. The highest BCUT2D eigenvalue weighted by molar-refractivity contribution is 9.10. The number of hydrogen-bond acceptors (Lipinski definition) is 2. The first kappa shape index (κ1) is 2.87. The number of halogens is 1. The molecule has 0 spiro atoms. The molecule has 0 atom stereocenters. The first-order valence-corrected chi connectivity index (χ1v) is 2.71. The van der Waals surface area contributed by atoms with Crippen LogP contribution in [-0.4, -0.2) is 9.55 Å². The van der Waals surface area contributed by atoms with Gasteiger partial charge in [0.2, 0.25) is 5.95 Å². The highest BCUT2D eigenvalue weighted by Gasteiger charge is 1.94. The maximum Gasteiger partial charge on any atom is 0.200 e. The van der Waals surface area contributed by atoms with Crippen LogP contribution < -0.4 is 5.73 Å². The van der Waals surface area contributed by atoms with Crippen molar-refractivity contribution in [2.45, 2.75) is 0 Å². The molecule has 0 aliphatic carbocycles. The monoisotopic (exact) mass is 178 g/mol. The van der Waals surface area contributed by atoms with Crippen molar-refractivity contribution in [1.82, 2.24) is 9.55 Å². The van der Waals surface area contributed by atoms with E-state index in [-0.39, 0.29) is 5.95 Å². The van der Waals surface area contributed by atoms with Crippen molar-refractivity contribution in [2.24, 2.45) is 6.98 Å². The smallest absolute Gasteiger partial charge is 0.200 e. The minimum Gasteiger partial charge on any atom is -0.369 e. The van der Waals surface area contributed by atoms with Gasteiger partial charge in [0.15, 0.2) is 0 Å². The summed E-state index contributed by atoms with van der Waals surface area (Å²) in [5, 5.41) is 0. The molecule has 0 radical (unpaired) electrons. The van der Waals surface area contributed by atoms with Gasteiger partial charge in [0.25, 0.3) is 0 Å². The van der Waals surface area contributed by atoms with Gasteiger partial charge in [-0.05, 0) is 15.9 Å². The van der Waals surface area contributed by atoms with Crippen molar-refractivity contribution >= 4 is 21.9 Å². The lowest BCUT2D eigenvalue weighted by atomic mass is 10.9. The van der Waals surface area contributed by atoms with E-state index in [9.17, 15) is 0 Å². The Morgan fingerprint density at radius 3 is 3.12 bits per heavy atom. The zero-order valence-electron chi connectivity index (χ0n) is 6.93. The molecule has 0 saturated heterocycles. The average molecular weight is 179 g/mol. The Bertz CT molecular complexity index is 266. The maximum absolute atomic E-state index is 6.98. The lowest BCUT2D eigenvalue weighted by Gasteiger charge is -1.87. The fraction of sp³-hybridized carbons (Fsp3) is 0.250. The topological polar surface area (TPSA) is 43.8 Å². The van der Waals surface area contributed by atoms with Gasteiger partial charge in [0, 0.05) is 17.3 Å². The largest absolute Gasteiger partial charge is 0.369 e. The summed E-state index contributed by atoms with van der Waals surface area (Å²) in [5.41, 5.74) is 5.29. The molecule has 8 heavy (non-hydrogen) atoms. The Kier molecular flexibility index (Phi) is 0.637. The molecule has 1 aromatic heterocycles. The Balaban J connectivity index is 3.13. The molecule has 3 nitrogen and oxygen atoms in total. The van der Waals surface area contributed by atoms with Crippen LogP contribution in [0, 0.1) is 0 Å². The number of aromatic nitrogens is 2. The van der Waals surface area contributed by atoms with E-state index >= 15 is 0 Å². The van der Waals surface area contributed by atoms with E-state index in [4.69, 9.17) is 9.85 Å². The summed E-state index contributed by atoms with van der Waals surface area (Å²) in [4.78, 5) is 3.67. The number of hydrogen-bond donors (Lipinski definition) is 1. The Hall–Kier alpha value is -0.510. The Labute approximate surface area is 59.9 Å². The molecule has 0 fully saturated rings. The second-order valence-corrected chi connectivity index (χ2v) is 2.10. The molecule has 1 aromatic rings. The summed E-state index contributed by atoms with van der Waals surface area (Å²) >= 11 is 3.01. The highest BCUT2D eigenvalue weighted by atomic mass is 79.9. The van der Waals surface area contributed by atoms with Gasteiger partial charge in [-0.2, -0.15) is 0 Å². The van der Waals surface area contributed by atoms with Gasteiger partial charge in [-0.25, -0.2) is 4.98 Å². The van der Waals surface area contributed by atoms with E-state index < -0.39 is 6.98 Å². The average Bonchev–Trinajstić information content (AvgIpc) is 2.08. The molecule has 0 aliphatic rings. The van der Waals surface area contributed by atoms with Gasteiger partial charge < -0.3 is 10.3 Å². The summed E-state index contributed by atoms with van der Waals surface area (Å²) in [6.07, 6.45) is 1.32. The fourth-order valence-electron chi connectivity index (χ4n) is 0.365.